The zero-order valence-corrected chi connectivity index (χ0v) is 13.7. The molecule has 2 amide bonds. The summed E-state index contributed by atoms with van der Waals surface area (Å²) in [6.07, 6.45) is 0. The van der Waals surface area contributed by atoms with Crippen molar-refractivity contribution in [1.82, 2.24) is 5.32 Å². The molecule has 9 heteroatoms. The number of esters is 1. The van der Waals surface area contributed by atoms with Crippen LogP contribution in [0.15, 0.2) is 48.5 Å². The Morgan fingerprint density at radius 1 is 0.962 bits per heavy atom. The number of nitro benzene ring substituents is 1. The summed E-state index contributed by atoms with van der Waals surface area (Å²) in [5.41, 5.74) is 0.902. The molecule has 26 heavy (non-hydrogen) atoms. The number of rotatable bonds is 6. The Balaban J connectivity index is 1.97. The first-order valence-corrected chi connectivity index (χ1v) is 7.41. The van der Waals surface area contributed by atoms with Crippen molar-refractivity contribution in [2.75, 3.05) is 19.0 Å². The van der Waals surface area contributed by atoms with Crippen molar-refractivity contribution in [2.24, 2.45) is 0 Å². The molecule has 0 fully saturated rings. The number of carbonyl (C=O) groups excluding carboxylic acids is 3. The van der Waals surface area contributed by atoms with Crippen molar-refractivity contribution >= 4 is 29.2 Å². The first-order valence-electron chi connectivity index (χ1n) is 7.41. The number of non-ortho nitro benzene ring substituents is 1. The van der Waals surface area contributed by atoms with E-state index >= 15 is 0 Å². The first kappa shape index (κ1) is 18.6. The normalized spacial score (nSPS) is 9.88. The van der Waals surface area contributed by atoms with Gasteiger partial charge < -0.3 is 15.4 Å². The largest absolute Gasteiger partial charge is 0.468 e. The van der Waals surface area contributed by atoms with E-state index in [0.29, 0.717) is 11.3 Å². The molecule has 0 saturated carbocycles. The number of benzene rings is 2. The molecule has 0 spiro atoms. The number of nitrogens with one attached hydrogen (secondary N) is 2. The van der Waals surface area contributed by atoms with Gasteiger partial charge in [0.05, 0.1) is 12.0 Å². The van der Waals surface area contributed by atoms with Gasteiger partial charge in [-0.05, 0) is 36.4 Å². The summed E-state index contributed by atoms with van der Waals surface area (Å²) < 4.78 is 4.42. The van der Waals surface area contributed by atoms with Crippen LogP contribution in [0.25, 0.3) is 0 Å². The van der Waals surface area contributed by atoms with Crippen LogP contribution in [0, 0.1) is 10.1 Å². The number of anilines is 1. The van der Waals surface area contributed by atoms with Crippen LogP contribution in [-0.2, 0) is 9.53 Å². The third-order valence-corrected chi connectivity index (χ3v) is 3.37. The zero-order valence-electron chi connectivity index (χ0n) is 13.7. The monoisotopic (exact) mass is 357 g/mol. The molecule has 2 aromatic rings. The molecule has 0 aromatic heterocycles. The lowest BCUT2D eigenvalue weighted by molar-refractivity contribution is -0.384. The molecule has 9 nitrogen and oxygen atoms in total. The van der Waals surface area contributed by atoms with Crippen LogP contribution in [0.5, 0.6) is 0 Å². The highest BCUT2D eigenvalue weighted by Gasteiger charge is 2.11. The van der Waals surface area contributed by atoms with E-state index in [0.717, 1.165) is 0 Å². The van der Waals surface area contributed by atoms with Crippen LogP contribution in [0.4, 0.5) is 11.4 Å². The first-order chi connectivity index (χ1) is 12.4. The summed E-state index contributed by atoms with van der Waals surface area (Å²) in [7, 11) is 1.22. The van der Waals surface area contributed by atoms with Gasteiger partial charge in [-0.2, -0.15) is 0 Å². The predicted molar refractivity (Wildman–Crippen MR) is 91.8 cm³/mol. The zero-order chi connectivity index (χ0) is 19.1. The van der Waals surface area contributed by atoms with Crippen LogP contribution in [0.1, 0.15) is 20.7 Å². The number of hydrogen-bond donors (Lipinski definition) is 2. The Morgan fingerprint density at radius 2 is 1.50 bits per heavy atom. The Hall–Kier alpha value is -3.75. The van der Waals surface area contributed by atoms with Crippen molar-refractivity contribution in [3.8, 4) is 0 Å². The molecule has 0 unspecified atom stereocenters. The second-order valence-corrected chi connectivity index (χ2v) is 5.09. The SMILES string of the molecule is COC(=O)CNC(=O)c1ccc(NC(=O)c2ccc([N+](=O)[O-])cc2)cc1. The fourth-order valence-corrected chi connectivity index (χ4v) is 1.97. The van der Waals surface area contributed by atoms with Crippen LogP contribution >= 0.6 is 0 Å². The van der Waals surface area contributed by atoms with Crippen molar-refractivity contribution in [2.45, 2.75) is 0 Å². The summed E-state index contributed by atoms with van der Waals surface area (Å²) in [6.45, 7) is -0.242. The van der Waals surface area contributed by atoms with Crippen LogP contribution in [0.2, 0.25) is 0 Å². The second kappa shape index (κ2) is 8.38. The minimum absolute atomic E-state index is 0.108. The number of methoxy groups -OCH3 is 1. The smallest absolute Gasteiger partial charge is 0.325 e. The lowest BCUT2D eigenvalue weighted by atomic mass is 10.1. The highest BCUT2D eigenvalue weighted by Crippen LogP contribution is 2.15. The summed E-state index contributed by atoms with van der Waals surface area (Å²) >= 11 is 0. The van der Waals surface area contributed by atoms with Gasteiger partial charge >= 0.3 is 5.97 Å². The molecule has 0 aliphatic rings. The third-order valence-electron chi connectivity index (χ3n) is 3.37. The molecule has 0 radical (unpaired) electrons. The average molecular weight is 357 g/mol. The van der Waals surface area contributed by atoms with Crippen molar-refractivity contribution in [1.29, 1.82) is 0 Å². The molecule has 0 bridgehead atoms. The topological polar surface area (TPSA) is 128 Å². The van der Waals surface area contributed by atoms with E-state index < -0.39 is 22.7 Å². The molecule has 2 N–H and O–H groups in total. The van der Waals surface area contributed by atoms with E-state index in [1.807, 2.05) is 0 Å². The Kier molecular flexibility index (Phi) is 5.99. The summed E-state index contributed by atoms with van der Waals surface area (Å²) in [5.74, 6) is -1.46. The Labute approximate surface area is 148 Å². The lowest BCUT2D eigenvalue weighted by Gasteiger charge is -2.07. The Morgan fingerprint density at radius 3 is 2.04 bits per heavy atom. The fraction of sp³-hybridized carbons (Fsp3) is 0.118. The summed E-state index contributed by atoms with van der Waals surface area (Å²) in [4.78, 5) is 45.0. The van der Waals surface area contributed by atoms with E-state index in [-0.39, 0.29) is 17.8 Å². The molecular formula is C17H15N3O6. The fourth-order valence-electron chi connectivity index (χ4n) is 1.97. The van der Waals surface area contributed by atoms with Gasteiger partial charge in [-0.25, -0.2) is 0 Å². The minimum Gasteiger partial charge on any atom is -0.468 e. The van der Waals surface area contributed by atoms with Crippen molar-refractivity contribution < 1.29 is 24.0 Å². The molecule has 2 aromatic carbocycles. The highest BCUT2D eigenvalue weighted by molar-refractivity contribution is 6.04. The van der Waals surface area contributed by atoms with Gasteiger partial charge in [-0.3, -0.25) is 24.5 Å². The quantitative estimate of drug-likeness (QED) is 0.460. The average Bonchev–Trinajstić information content (AvgIpc) is 2.66. The molecule has 0 heterocycles. The molecule has 134 valence electrons. The van der Waals surface area contributed by atoms with E-state index in [4.69, 9.17) is 0 Å². The van der Waals surface area contributed by atoms with Gasteiger partial charge in [0.1, 0.15) is 6.54 Å². The molecule has 0 atom stereocenters. The lowest BCUT2D eigenvalue weighted by Crippen LogP contribution is -2.30. The van der Waals surface area contributed by atoms with E-state index in [1.54, 1.807) is 0 Å². The molecule has 2 rings (SSSR count). The highest BCUT2D eigenvalue weighted by atomic mass is 16.6. The molecular weight excluding hydrogens is 342 g/mol. The van der Waals surface area contributed by atoms with Gasteiger partial charge in [0.2, 0.25) is 0 Å². The number of amides is 2. The molecule has 0 aliphatic heterocycles. The minimum atomic E-state index is -0.565. The van der Waals surface area contributed by atoms with Gasteiger partial charge in [0.25, 0.3) is 17.5 Å². The summed E-state index contributed by atoms with van der Waals surface area (Å²) in [5, 5.41) is 15.6. The molecule has 0 saturated heterocycles. The number of ether oxygens (including phenoxy) is 1. The van der Waals surface area contributed by atoms with Gasteiger partial charge in [0.15, 0.2) is 0 Å². The maximum Gasteiger partial charge on any atom is 0.325 e. The molecule has 0 aliphatic carbocycles. The second-order valence-electron chi connectivity index (χ2n) is 5.09. The summed E-state index contributed by atoms with van der Waals surface area (Å²) in [6, 6.07) is 11.2. The van der Waals surface area contributed by atoms with Gasteiger partial charge in [-0.1, -0.05) is 0 Å². The third kappa shape index (κ3) is 4.87. The number of nitro groups is 1. The van der Waals surface area contributed by atoms with E-state index in [9.17, 15) is 24.5 Å². The van der Waals surface area contributed by atoms with Crippen LogP contribution in [-0.4, -0.2) is 36.4 Å². The van der Waals surface area contributed by atoms with Gasteiger partial charge in [-0.15, -0.1) is 0 Å². The Bertz CT molecular complexity index is 831. The number of carbonyl (C=O) groups is 3. The number of hydrogen-bond acceptors (Lipinski definition) is 6. The van der Waals surface area contributed by atoms with Gasteiger partial charge in [0, 0.05) is 28.9 Å². The van der Waals surface area contributed by atoms with Crippen LogP contribution < -0.4 is 10.6 Å². The standard InChI is InChI=1S/C17H15N3O6/c1-26-15(21)10-18-16(22)11-2-6-13(7-3-11)19-17(23)12-4-8-14(9-5-12)20(24)25/h2-9H,10H2,1H3,(H,18,22)(H,19,23). The van der Waals surface area contributed by atoms with Crippen LogP contribution in [0.3, 0.4) is 0 Å². The van der Waals surface area contributed by atoms with Crippen molar-refractivity contribution in [3.63, 3.8) is 0 Å². The van der Waals surface area contributed by atoms with E-state index in [1.165, 1.54) is 55.6 Å². The van der Waals surface area contributed by atoms with Crippen molar-refractivity contribution in [3.05, 3.63) is 69.8 Å². The maximum atomic E-state index is 12.1. The number of nitrogens with zero attached hydrogens (tertiary/aromatic N) is 1. The predicted octanol–water partition coefficient (Wildman–Crippen LogP) is 1.75. The maximum absolute atomic E-state index is 12.1. The van der Waals surface area contributed by atoms with E-state index in [2.05, 4.69) is 15.4 Å².